The van der Waals surface area contributed by atoms with Crippen molar-refractivity contribution in [1.29, 1.82) is 0 Å². The Morgan fingerprint density at radius 3 is 2.39 bits per heavy atom. The van der Waals surface area contributed by atoms with Crippen molar-refractivity contribution in [2.75, 3.05) is 0 Å². The number of aryl methyl sites for hydroxylation is 2. The minimum absolute atomic E-state index is 0.0663. The lowest BCUT2D eigenvalue weighted by atomic mass is 9.91. The number of carbonyl (C=O) groups is 2. The third kappa shape index (κ3) is 2.31. The van der Waals surface area contributed by atoms with Gasteiger partial charge in [0.05, 0.1) is 10.9 Å². The Hall–Kier alpha value is -3.67. The van der Waals surface area contributed by atoms with Gasteiger partial charge in [-0.3, -0.25) is 9.59 Å². The zero-order valence-electron chi connectivity index (χ0n) is 15.1. The van der Waals surface area contributed by atoms with Crippen molar-refractivity contribution in [2.24, 2.45) is 0 Å². The highest BCUT2D eigenvalue weighted by Crippen LogP contribution is 2.37. The van der Waals surface area contributed by atoms with Crippen molar-refractivity contribution in [3.8, 4) is 5.75 Å². The molecule has 6 heteroatoms. The first kappa shape index (κ1) is 16.5. The van der Waals surface area contributed by atoms with Crippen molar-refractivity contribution in [3.63, 3.8) is 0 Å². The number of furan rings is 1. The summed E-state index contributed by atoms with van der Waals surface area (Å²) in [5.74, 6) is -2.11. The number of esters is 1. The molecule has 1 aliphatic heterocycles. The van der Waals surface area contributed by atoms with E-state index < -0.39 is 23.3 Å². The number of ketones is 1. The summed E-state index contributed by atoms with van der Waals surface area (Å²) >= 11 is 0. The lowest BCUT2D eigenvalue weighted by Gasteiger charge is -2.21. The molecule has 138 valence electrons. The molecule has 0 saturated carbocycles. The van der Waals surface area contributed by atoms with Gasteiger partial charge in [-0.05, 0) is 55.3 Å². The Bertz CT molecular complexity index is 1370. The van der Waals surface area contributed by atoms with E-state index in [1.807, 2.05) is 19.9 Å². The maximum atomic E-state index is 12.9. The summed E-state index contributed by atoms with van der Waals surface area (Å²) < 4.78 is 16.6. The van der Waals surface area contributed by atoms with Crippen LogP contribution in [0.25, 0.3) is 21.9 Å². The molecular weight excluding hydrogens is 360 g/mol. The molecular formula is C22H14O6. The third-order valence-corrected chi connectivity index (χ3v) is 4.95. The average molecular weight is 374 g/mol. The Morgan fingerprint density at radius 1 is 0.821 bits per heavy atom. The van der Waals surface area contributed by atoms with Crippen molar-refractivity contribution in [3.05, 3.63) is 75.3 Å². The number of hydrogen-bond donors (Lipinski definition) is 0. The summed E-state index contributed by atoms with van der Waals surface area (Å²) in [6.07, 6.45) is 0. The summed E-state index contributed by atoms with van der Waals surface area (Å²) in [4.78, 5) is 37.9. The first-order valence-corrected chi connectivity index (χ1v) is 8.76. The second-order valence-corrected chi connectivity index (χ2v) is 7.00. The minimum Gasteiger partial charge on any atom is -0.459 e. The minimum atomic E-state index is -1.26. The molecule has 0 fully saturated rings. The number of benzene rings is 2. The third-order valence-electron chi connectivity index (χ3n) is 4.95. The first-order valence-electron chi connectivity index (χ1n) is 8.76. The zero-order valence-corrected chi connectivity index (χ0v) is 15.1. The smallest absolute Gasteiger partial charge is 0.347 e. The Kier molecular flexibility index (Phi) is 3.34. The lowest BCUT2D eigenvalue weighted by Crippen LogP contribution is -2.31. The Labute approximate surface area is 158 Å². The standard InChI is InChI=1S/C22H14O6/c1-10-3-5-12-15(7-10)28-22(25)18(19(12)23)17-9-14-20(26-17)13-6-4-11(2)8-16(13)27-21(14)24/h3-9,18H,1-2H3. The molecule has 28 heavy (non-hydrogen) atoms. The number of rotatable bonds is 1. The molecule has 0 aliphatic carbocycles. The number of fused-ring (bicyclic) bond motifs is 4. The molecule has 0 spiro atoms. The highest BCUT2D eigenvalue weighted by atomic mass is 16.5. The van der Waals surface area contributed by atoms with Crippen LogP contribution in [0.2, 0.25) is 0 Å². The van der Waals surface area contributed by atoms with Crippen LogP contribution >= 0.6 is 0 Å². The normalized spacial score (nSPS) is 16.4. The van der Waals surface area contributed by atoms with Crippen LogP contribution in [-0.2, 0) is 4.79 Å². The van der Waals surface area contributed by atoms with Gasteiger partial charge in [-0.2, -0.15) is 0 Å². The molecule has 3 heterocycles. The van der Waals surface area contributed by atoms with Crippen LogP contribution < -0.4 is 10.4 Å². The number of Topliss-reactive ketones (excluding diaryl/α,β-unsaturated/α-hetero) is 1. The van der Waals surface area contributed by atoms with E-state index in [0.717, 1.165) is 11.1 Å². The van der Waals surface area contributed by atoms with E-state index in [1.54, 1.807) is 30.3 Å². The van der Waals surface area contributed by atoms with Crippen LogP contribution in [0.3, 0.4) is 0 Å². The summed E-state index contributed by atoms with van der Waals surface area (Å²) in [7, 11) is 0. The molecule has 1 aliphatic rings. The molecule has 2 aromatic heterocycles. The molecule has 2 aromatic carbocycles. The largest absolute Gasteiger partial charge is 0.459 e. The monoisotopic (exact) mass is 374 g/mol. The Balaban J connectivity index is 1.71. The predicted octanol–water partition coefficient (Wildman–Crippen LogP) is 4.04. The highest BCUT2D eigenvalue weighted by molar-refractivity contribution is 6.17. The molecule has 0 radical (unpaired) electrons. The fourth-order valence-electron chi connectivity index (χ4n) is 3.55. The molecule has 5 rings (SSSR count). The number of hydrogen-bond acceptors (Lipinski definition) is 6. The van der Waals surface area contributed by atoms with Crippen molar-refractivity contribution in [1.82, 2.24) is 0 Å². The van der Waals surface area contributed by atoms with Gasteiger partial charge in [0.25, 0.3) is 0 Å². The van der Waals surface area contributed by atoms with Crippen molar-refractivity contribution >= 4 is 33.7 Å². The second-order valence-electron chi connectivity index (χ2n) is 7.00. The summed E-state index contributed by atoms with van der Waals surface area (Å²) in [6, 6.07) is 11.8. The second kappa shape index (κ2) is 5.66. The van der Waals surface area contributed by atoms with Gasteiger partial charge in [0.15, 0.2) is 17.3 Å². The van der Waals surface area contributed by atoms with Gasteiger partial charge < -0.3 is 13.6 Å². The molecule has 1 unspecified atom stereocenters. The summed E-state index contributed by atoms with van der Waals surface area (Å²) in [5.41, 5.74) is 2.20. The van der Waals surface area contributed by atoms with E-state index in [9.17, 15) is 14.4 Å². The molecule has 0 bridgehead atoms. The van der Waals surface area contributed by atoms with Crippen molar-refractivity contribution in [2.45, 2.75) is 19.8 Å². The average Bonchev–Trinajstić information content (AvgIpc) is 3.06. The van der Waals surface area contributed by atoms with Crippen LogP contribution in [0.4, 0.5) is 0 Å². The SMILES string of the molecule is Cc1ccc2c(c1)OC(=O)C(c1cc3c(=O)oc4cc(C)ccc4c3o1)C2=O. The van der Waals surface area contributed by atoms with E-state index in [0.29, 0.717) is 16.5 Å². The first-order chi connectivity index (χ1) is 13.4. The van der Waals surface area contributed by atoms with Crippen LogP contribution in [0.15, 0.2) is 56.1 Å². The van der Waals surface area contributed by atoms with E-state index in [4.69, 9.17) is 13.6 Å². The zero-order chi connectivity index (χ0) is 19.6. The summed E-state index contributed by atoms with van der Waals surface area (Å²) in [6.45, 7) is 3.73. The molecule has 6 nitrogen and oxygen atoms in total. The Morgan fingerprint density at radius 2 is 1.57 bits per heavy atom. The van der Waals surface area contributed by atoms with E-state index in [2.05, 4.69) is 0 Å². The number of carbonyl (C=O) groups excluding carboxylic acids is 2. The maximum absolute atomic E-state index is 12.9. The van der Waals surface area contributed by atoms with Gasteiger partial charge in [-0.1, -0.05) is 12.1 Å². The van der Waals surface area contributed by atoms with E-state index in [1.165, 1.54) is 6.07 Å². The van der Waals surface area contributed by atoms with E-state index >= 15 is 0 Å². The van der Waals surface area contributed by atoms with Gasteiger partial charge in [-0.25, -0.2) is 4.79 Å². The lowest BCUT2D eigenvalue weighted by molar-refractivity contribution is -0.135. The predicted molar refractivity (Wildman–Crippen MR) is 101 cm³/mol. The fraction of sp³-hybridized carbons (Fsp3) is 0.136. The summed E-state index contributed by atoms with van der Waals surface area (Å²) in [5, 5.41) is 0.778. The van der Waals surface area contributed by atoms with Crippen LogP contribution in [0.1, 0.15) is 33.2 Å². The van der Waals surface area contributed by atoms with Gasteiger partial charge in [0.1, 0.15) is 22.5 Å². The molecule has 4 aromatic rings. The molecule has 0 saturated heterocycles. The van der Waals surface area contributed by atoms with Crippen LogP contribution in [0, 0.1) is 13.8 Å². The fourth-order valence-corrected chi connectivity index (χ4v) is 3.55. The van der Waals surface area contributed by atoms with Crippen LogP contribution in [0.5, 0.6) is 5.75 Å². The van der Waals surface area contributed by atoms with E-state index in [-0.39, 0.29) is 22.5 Å². The van der Waals surface area contributed by atoms with Crippen LogP contribution in [-0.4, -0.2) is 11.8 Å². The van der Waals surface area contributed by atoms with Gasteiger partial charge in [0.2, 0.25) is 0 Å². The molecule has 0 N–H and O–H groups in total. The van der Waals surface area contributed by atoms with Gasteiger partial charge >= 0.3 is 11.6 Å². The van der Waals surface area contributed by atoms with Gasteiger partial charge in [0, 0.05) is 0 Å². The topological polar surface area (TPSA) is 86.7 Å². The quantitative estimate of drug-likeness (QED) is 0.216. The highest BCUT2D eigenvalue weighted by Gasteiger charge is 2.40. The molecule has 1 atom stereocenters. The van der Waals surface area contributed by atoms with Crippen molar-refractivity contribution < 1.29 is 23.2 Å². The molecule has 0 amide bonds. The number of ether oxygens (including phenoxy) is 1. The van der Waals surface area contributed by atoms with Gasteiger partial charge in [-0.15, -0.1) is 0 Å². The maximum Gasteiger partial charge on any atom is 0.347 e.